The number of sulfonamides is 1. The average Bonchev–Trinajstić information content (AvgIpc) is 2.75. The Kier molecular flexibility index (Phi) is 4.56. The summed E-state index contributed by atoms with van der Waals surface area (Å²) in [4.78, 5) is 0.0658. The molecule has 1 fully saturated rings. The lowest BCUT2D eigenvalue weighted by Crippen LogP contribution is -2.38. The monoisotopic (exact) mass is 412 g/mol. The van der Waals surface area contributed by atoms with Gasteiger partial charge in [-0.05, 0) is 40.9 Å². The lowest BCUT2D eigenvalue weighted by molar-refractivity contribution is 0.213. The maximum Gasteiger partial charge on any atom is 0.246 e. The molecule has 2 rings (SSSR count). The summed E-state index contributed by atoms with van der Waals surface area (Å²) in [6.07, 6.45) is 1.42. The molecule has 1 heterocycles. The molecule has 106 valence electrons. The number of hydrogen-bond donors (Lipinski definition) is 2. The van der Waals surface area contributed by atoms with Crippen LogP contribution >= 0.6 is 31.9 Å². The average molecular weight is 414 g/mol. The number of hydrogen-bond acceptors (Lipinski definition) is 4. The van der Waals surface area contributed by atoms with Crippen molar-refractivity contribution in [2.75, 3.05) is 18.9 Å². The number of rotatable bonds is 3. The summed E-state index contributed by atoms with van der Waals surface area (Å²) in [5, 5.41) is 9.27. The first-order valence-electron chi connectivity index (χ1n) is 5.75. The minimum absolute atomic E-state index is 0.0658. The summed E-state index contributed by atoms with van der Waals surface area (Å²) in [5.41, 5.74) is 6.02. The summed E-state index contributed by atoms with van der Waals surface area (Å²) < 4.78 is 27.7. The van der Waals surface area contributed by atoms with Crippen molar-refractivity contribution in [2.45, 2.75) is 23.8 Å². The van der Waals surface area contributed by atoms with Gasteiger partial charge >= 0.3 is 0 Å². The van der Waals surface area contributed by atoms with E-state index in [9.17, 15) is 13.5 Å². The van der Waals surface area contributed by atoms with Gasteiger partial charge in [0.05, 0.1) is 12.3 Å². The van der Waals surface area contributed by atoms with Crippen LogP contribution in [0.5, 0.6) is 0 Å². The fourth-order valence-electron chi connectivity index (χ4n) is 2.28. The molecule has 1 aliphatic heterocycles. The highest BCUT2D eigenvalue weighted by Crippen LogP contribution is 2.36. The zero-order chi connectivity index (χ0) is 14.2. The van der Waals surface area contributed by atoms with Crippen LogP contribution in [-0.4, -0.2) is 37.0 Å². The second-order valence-corrected chi connectivity index (χ2v) is 8.00. The van der Waals surface area contributed by atoms with Gasteiger partial charge in [-0.2, -0.15) is 4.31 Å². The van der Waals surface area contributed by atoms with E-state index in [-0.39, 0.29) is 23.2 Å². The van der Waals surface area contributed by atoms with Gasteiger partial charge in [0.2, 0.25) is 10.0 Å². The van der Waals surface area contributed by atoms with Gasteiger partial charge in [-0.3, -0.25) is 0 Å². The Balaban J connectivity index is 2.51. The van der Waals surface area contributed by atoms with Crippen LogP contribution < -0.4 is 5.73 Å². The molecule has 0 aromatic heterocycles. The Morgan fingerprint density at radius 1 is 1.42 bits per heavy atom. The zero-order valence-corrected chi connectivity index (χ0v) is 14.0. The molecule has 0 bridgehead atoms. The van der Waals surface area contributed by atoms with E-state index in [1.807, 2.05) is 0 Å². The first kappa shape index (κ1) is 15.2. The number of nitrogens with zero attached hydrogens (tertiary/aromatic N) is 1. The molecule has 19 heavy (non-hydrogen) atoms. The van der Waals surface area contributed by atoms with E-state index >= 15 is 0 Å². The predicted octanol–water partition coefficient (Wildman–Crippen LogP) is 1.94. The minimum Gasteiger partial charge on any atom is -0.398 e. The van der Waals surface area contributed by atoms with Gasteiger partial charge in [0, 0.05) is 21.5 Å². The number of anilines is 1. The molecule has 1 atom stereocenters. The Labute approximate surface area is 129 Å². The van der Waals surface area contributed by atoms with Gasteiger partial charge in [0.25, 0.3) is 0 Å². The highest BCUT2D eigenvalue weighted by molar-refractivity contribution is 9.11. The molecule has 5 nitrogen and oxygen atoms in total. The molecular formula is C11H14Br2N2O3S. The van der Waals surface area contributed by atoms with Crippen LogP contribution in [0.4, 0.5) is 5.69 Å². The quantitative estimate of drug-likeness (QED) is 0.741. The van der Waals surface area contributed by atoms with E-state index in [0.29, 0.717) is 21.9 Å². The first-order chi connectivity index (χ1) is 8.87. The largest absolute Gasteiger partial charge is 0.398 e. The highest BCUT2D eigenvalue weighted by Gasteiger charge is 2.37. The Bertz CT molecular complexity index is 569. The van der Waals surface area contributed by atoms with Crippen LogP contribution in [0.1, 0.15) is 12.8 Å². The van der Waals surface area contributed by atoms with Crippen molar-refractivity contribution in [1.82, 2.24) is 4.31 Å². The van der Waals surface area contributed by atoms with Crippen molar-refractivity contribution < 1.29 is 13.5 Å². The molecule has 0 amide bonds. The third kappa shape index (κ3) is 2.82. The SMILES string of the molecule is Nc1cc(Br)cc(Br)c1S(=O)(=O)N1CCC[C@@H]1CO. The van der Waals surface area contributed by atoms with Crippen molar-refractivity contribution in [3.8, 4) is 0 Å². The molecule has 1 saturated heterocycles. The molecular weight excluding hydrogens is 400 g/mol. The number of nitrogen functional groups attached to an aromatic ring is 1. The van der Waals surface area contributed by atoms with Gasteiger partial charge < -0.3 is 10.8 Å². The fraction of sp³-hybridized carbons (Fsp3) is 0.455. The standard InChI is InChI=1S/C11H14Br2N2O3S/c12-7-4-9(13)11(10(14)5-7)19(17,18)15-3-1-2-8(15)6-16/h4-5,8,16H,1-3,6,14H2/t8-/m1/s1. The highest BCUT2D eigenvalue weighted by atomic mass is 79.9. The smallest absolute Gasteiger partial charge is 0.246 e. The molecule has 0 unspecified atom stereocenters. The van der Waals surface area contributed by atoms with E-state index in [2.05, 4.69) is 31.9 Å². The fourth-order valence-corrected chi connectivity index (χ4v) is 5.98. The lowest BCUT2D eigenvalue weighted by atomic mass is 10.2. The van der Waals surface area contributed by atoms with E-state index < -0.39 is 10.0 Å². The minimum atomic E-state index is -3.70. The number of halogens is 2. The summed E-state index contributed by atoms with van der Waals surface area (Å²) in [6, 6.07) is 2.84. The second kappa shape index (κ2) is 5.69. The van der Waals surface area contributed by atoms with Gasteiger partial charge in [0.1, 0.15) is 4.90 Å². The predicted molar refractivity (Wildman–Crippen MR) is 80.3 cm³/mol. The molecule has 0 radical (unpaired) electrons. The summed E-state index contributed by atoms with van der Waals surface area (Å²) in [5.74, 6) is 0. The Hall–Kier alpha value is -0.150. The maximum absolute atomic E-state index is 12.6. The van der Waals surface area contributed by atoms with Gasteiger partial charge in [0.15, 0.2) is 0 Å². The summed E-state index contributed by atoms with van der Waals surface area (Å²) in [6.45, 7) is 0.239. The normalized spacial score (nSPS) is 20.9. The number of aliphatic hydroxyl groups is 1. The summed E-state index contributed by atoms with van der Waals surface area (Å²) >= 11 is 6.51. The molecule has 1 aromatic rings. The van der Waals surface area contributed by atoms with Crippen molar-refractivity contribution in [3.05, 3.63) is 21.1 Å². The lowest BCUT2D eigenvalue weighted by Gasteiger charge is -2.23. The molecule has 8 heteroatoms. The maximum atomic E-state index is 12.6. The van der Waals surface area contributed by atoms with E-state index in [1.54, 1.807) is 12.1 Å². The van der Waals surface area contributed by atoms with Crippen LogP contribution in [0.2, 0.25) is 0 Å². The summed E-state index contributed by atoms with van der Waals surface area (Å²) in [7, 11) is -3.70. The van der Waals surface area contributed by atoms with E-state index in [1.165, 1.54) is 4.31 Å². The van der Waals surface area contributed by atoms with E-state index in [4.69, 9.17) is 5.73 Å². The third-order valence-electron chi connectivity index (χ3n) is 3.14. The molecule has 0 aliphatic carbocycles. The third-order valence-corrected chi connectivity index (χ3v) is 6.55. The number of aliphatic hydroxyl groups excluding tert-OH is 1. The van der Waals surface area contributed by atoms with Crippen molar-refractivity contribution in [2.24, 2.45) is 0 Å². The van der Waals surface area contributed by atoms with Gasteiger partial charge in [-0.25, -0.2) is 8.42 Å². The van der Waals surface area contributed by atoms with Gasteiger partial charge in [-0.15, -0.1) is 0 Å². The van der Waals surface area contributed by atoms with Crippen molar-refractivity contribution >= 4 is 47.6 Å². The molecule has 3 N–H and O–H groups in total. The number of nitrogens with two attached hydrogens (primary N) is 1. The number of benzene rings is 1. The molecule has 1 aliphatic rings. The van der Waals surface area contributed by atoms with Crippen molar-refractivity contribution in [3.63, 3.8) is 0 Å². The van der Waals surface area contributed by atoms with E-state index in [0.717, 1.165) is 6.42 Å². The van der Waals surface area contributed by atoms with Gasteiger partial charge in [-0.1, -0.05) is 15.9 Å². The first-order valence-corrected chi connectivity index (χ1v) is 8.77. The molecule has 1 aromatic carbocycles. The van der Waals surface area contributed by atoms with Crippen LogP contribution in [0.3, 0.4) is 0 Å². The van der Waals surface area contributed by atoms with Crippen LogP contribution in [0.15, 0.2) is 26.0 Å². The van der Waals surface area contributed by atoms with Crippen molar-refractivity contribution in [1.29, 1.82) is 0 Å². The van der Waals surface area contributed by atoms with Crippen LogP contribution in [0, 0.1) is 0 Å². The van der Waals surface area contributed by atoms with Crippen LogP contribution in [-0.2, 0) is 10.0 Å². The van der Waals surface area contributed by atoms with Crippen LogP contribution in [0.25, 0.3) is 0 Å². The second-order valence-electron chi connectivity index (χ2n) is 4.40. The molecule has 0 saturated carbocycles. The Morgan fingerprint density at radius 3 is 2.68 bits per heavy atom. The topological polar surface area (TPSA) is 83.6 Å². The molecule has 0 spiro atoms. The zero-order valence-electron chi connectivity index (χ0n) is 10.0. The Morgan fingerprint density at radius 2 is 2.11 bits per heavy atom.